The highest BCUT2D eigenvalue weighted by Crippen LogP contribution is 2.36. The number of nitrogens with one attached hydrogen (secondary N) is 1. The summed E-state index contributed by atoms with van der Waals surface area (Å²) >= 11 is 0. The van der Waals surface area contributed by atoms with Crippen LogP contribution in [-0.4, -0.2) is 53.6 Å². The largest absolute Gasteiger partial charge is 0.497 e. The average molecular weight is 661 g/mol. The number of nitrogens with zero attached hydrogens (tertiary/aromatic N) is 3. The first kappa shape index (κ1) is 33.4. The van der Waals surface area contributed by atoms with Crippen LogP contribution in [0, 0.1) is 0 Å². The monoisotopic (exact) mass is 660 g/mol. The number of hydrogen-bond acceptors (Lipinski definition) is 3. The molecule has 1 N–H and O–H groups in total. The van der Waals surface area contributed by atoms with Gasteiger partial charge in [-0.05, 0) is 92.1 Å². The van der Waals surface area contributed by atoms with Crippen LogP contribution in [0.25, 0.3) is 21.8 Å². The Hall–Kier alpha value is -5.10. The van der Waals surface area contributed by atoms with E-state index in [1.54, 1.807) is 7.11 Å². The third-order valence-electron chi connectivity index (χ3n) is 10.0. The van der Waals surface area contributed by atoms with E-state index in [0.29, 0.717) is 6.04 Å². The van der Waals surface area contributed by atoms with Crippen molar-refractivity contribution in [2.45, 2.75) is 37.9 Å². The first-order valence-corrected chi connectivity index (χ1v) is 17.9. The highest BCUT2D eigenvalue weighted by Gasteiger charge is 2.26. The Kier molecular flexibility index (Phi) is 10.4. The van der Waals surface area contributed by atoms with E-state index in [9.17, 15) is 0 Å². The summed E-state index contributed by atoms with van der Waals surface area (Å²) in [6.45, 7) is 3.22. The Balaban J connectivity index is 0.000000161. The predicted molar refractivity (Wildman–Crippen MR) is 208 cm³/mol. The van der Waals surface area contributed by atoms with Crippen LogP contribution in [0.1, 0.15) is 59.2 Å². The molecule has 50 heavy (non-hydrogen) atoms. The predicted octanol–water partition coefficient (Wildman–Crippen LogP) is 10.1. The number of aromatic amines is 1. The number of H-pyrrole nitrogens is 1. The minimum atomic E-state index is 0.211. The van der Waals surface area contributed by atoms with Gasteiger partial charge in [-0.25, -0.2) is 0 Å². The molecule has 8 rings (SSSR count). The molecular weight excluding hydrogens is 613 g/mol. The molecule has 254 valence electrons. The Morgan fingerprint density at radius 3 is 1.96 bits per heavy atom. The molecule has 5 heteroatoms. The lowest BCUT2D eigenvalue weighted by Gasteiger charge is -2.35. The molecular formula is C45H48N4O. The number of rotatable bonds is 9. The Bertz CT molecular complexity index is 2090. The number of likely N-dealkylation sites (tertiary alicyclic amines) is 1. The van der Waals surface area contributed by atoms with Gasteiger partial charge in [-0.3, -0.25) is 9.80 Å². The van der Waals surface area contributed by atoms with Crippen LogP contribution in [0.5, 0.6) is 5.75 Å². The number of para-hydroxylation sites is 2. The van der Waals surface area contributed by atoms with Crippen LogP contribution in [0.15, 0.2) is 146 Å². The number of piperidine rings is 1. The Labute approximate surface area is 296 Å². The standard InChI is InChI=1S/C25H26N2O.C20H22N2/c1-26(2)25(20-9-5-4-6-10-20)23-18-27(24-12-8-7-11-22(23)24)17-19-13-15-21(28-3)16-14-19;1-3-9-16(10-4-1)20(22-13-7-2-8-14-22)18-15-21-19-12-6-5-11-17(18)19/h4-16,18,25H,17H2,1-3H3;1,3-6,9-12,15,20-21H,2,7-8,13-14H2. The molecule has 5 aromatic carbocycles. The minimum Gasteiger partial charge on any atom is -0.497 e. The van der Waals surface area contributed by atoms with Crippen molar-refractivity contribution in [2.24, 2.45) is 0 Å². The summed E-state index contributed by atoms with van der Waals surface area (Å²) < 4.78 is 7.64. The van der Waals surface area contributed by atoms with Crippen LogP contribution in [0.2, 0.25) is 0 Å². The van der Waals surface area contributed by atoms with Crippen molar-refractivity contribution in [1.29, 1.82) is 0 Å². The molecule has 1 saturated heterocycles. The smallest absolute Gasteiger partial charge is 0.118 e. The van der Waals surface area contributed by atoms with Crippen molar-refractivity contribution in [3.8, 4) is 5.75 Å². The van der Waals surface area contributed by atoms with Crippen molar-refractivity contribution >= 4 is 21.8 Å². The van der Waals surface area contributed by atoms with Crippen LogP contribution in [-0.2, 0) is 6.54 Å². The molecule has 0 amide bonds. The molecule has 0 saturated carbocycles. The van der Waals surface area contributed by atoms with Crippen LogP contribution < -0.4 is 4.74 Å². The summed E-state index contributed by atoms with van der Waals surface area (Å²) in [5, 5.41) is 2.65. The maximum Gasteiger partial charge on any atom is 0.118 e. The van der Waals surface area contributed by atoms with Gasteiger partial charge in [0.15, 0.2) is 0 Å². The highest BCUT2D eigenvalue weighted by atomic mass is 16.5. The van der Waals surface area contributed by atoms with Crippen LogP contribution >= 0.6 is 0 Å². The lowest BCUT2D eigenvalue weighted by molar-refractivity contribution is 0.188. The van der Waals surface area contributed by atoms with Gasteiger partial charge in [0.2, 0.25) is 0 Å². The van der Waals surface area contributed by atoms with E-state index in [1.165, 1.54) is 82.0 Å². The van der Waals surface area contributed by atoms with Gasteiger partial charge in [0.1, 0.15) is 5.75 Å². The average Bonchev–Trinajstić information content (AvgIpc) is 3.75. The molecule has 2 atom stereocenters. The molecule has 5 nitrogen and oxygen atoms in total. The van der Waals surface area contributed by atoms with E-state index in [4.69, 9.17) is 4.74 Å². The van der Waals surface area contributed by atoms with Gasteiger partial charge in [-0.1, -0.05) is 116 Å². The number of benzene rings is 5. The van der Waals surface area contributed by atoms with Gasteiger partial charge in [0.05, 0.1) is 19.2 Å². The molecule has 2 aromatic heterocycles. The van der Waals surface area contributed by atoms with E-state index in [2.05, 4.69) is 167 Å². The maximum atomic E-state index is 5.29. The number of ether oxygens (including phenoxy) is 1. The summed E-state index contributed by atoms with van der Waals surface area (Å²) in [7, 11) is 5.99. The van der Waals surface area contributed by atoms with Crippen molar-refractivity contribution < 1.29 is 4.74 Å². The second kappa shape index (κ2) is 15.6. The molecule has 7 aromatic rings. The number of aromatic nitrogens is 2. The minimum absolute atomic E-state index is 0.211. The van der Waals surface area contributed by atoms with E-state index < -0.39 is 0 Å². The third-order valence-corrected chi connectivity index (χ3v) is 10.0. The molecule has 1 aliphatic rings. The van der Waals surface area contributed by atoms with Gasteiger partial charge in [-0.2, -0.15) is 0 Å². The van der Waals surface area contributed by atoms with Gasteiger partial charge in [0, 0.05) is 40.7 Å². The summed E-state index contributed by atoms with van der Waals surface area (Å²) in [6.07, 6.45) is 8.51. The molecule has 2 unspecified atom stereocenters. The van der Waals surface area contributed by atoms with E-state index in [-0.39, 0.29) is 6.04 Å². The van der Waals surface area contributed by atoms with E-state index in [1.807, 2.05) is 12.1 Å². The van der Waals surface area contributed by atoms with Gasteiger partial charge >= 0.3 is 0 Å². The van der Waals surface area contributed by atoms with Crippen molar-refractivity contribution in [1.82, 2.24) is 19.4 Å². The third kappa shape index (κ3) is 7.25. The zero-order valence-corrected chi connectivity index (χ0v) is 29.5. The van der Waals surface area contributed by atoms with Crippen LogP contribution in [0.3, 0.4) is 0 Å². The summed E-state index contributed by atoms with van der Waals surface area (Å²) in [5.74, 6) is 0.888. The first-order valence-electron chi connectivity index (χ1n) is 17.9. The molecule has 0 spiro atoms. The molecule has 0 aliphatic carbocycles. The lowest BCUT2D eigenvalue weighted by Crippen LogP contribution is -2.34. The molecule has 0 bridgehead atoms. The van der Waals surface area contributed by atoms with Crippen molar-refractivity contribution in [3.05, 3.63) is 174 Å². The van der Waals surface area contributed by atoms with Gasteiger partial charge in [-0.15, -0.1) is 0 Å². The fraction of sp³-hybridized carbons (Fsp3) is 0.244. The summed E-state index contributed by atoms with van der Waals surface area (Å²) in [4.78, 5) is 8.38. The molecule has 1 fully saturated rings. The number of hydrogen-bond donors (Lipinski definition) is 1. The fourth-order valence-electron chi connectivity index (χ4n) is 7.66. The second-order valence-corrected chi connectivity index (χ2v) is 13.6. The van der Waals surface area contributed by atoms with Crippen molar-refractivity contribution in [3.63, 3.8) is 0 Å². The van der Waals surface area contributed by atoms with E-state index in [0.717, 1.165) is 12.3 Å². The van der Waals surface area contributed by atoms with E-state index >= 15 is 0 Å². The SMILES string of the molecule is COc1ccc(Cn2cc(C(c3ccccc3)N(C)C)c3ccccc32)cc1.c1ccc(C(c2c[nH]c3ccccc23)N2CCCCC2)cc1. The zero-order valence-electron chi connectivity index (χ0n) is 29.5. The summed E-state index contributed by atoms with van der Waals surface area (Å²) in [5.41, 5.74) is 9.19. The Morgan fingerprint density at radius 2 is 1.28 bits per heavy atom. The summed E-state index contributed by atoms with van der Waals surface area (Å²) in [6, 6.07) is 47.9. The lowest BCUT2D eigenvalue weighted by atomic mass is 9.94. The second-order valence-electron chi connectivity index (χ2n) is 13.6. The maximum absolute atomic E-state index is 5.29. The van der Waals surface area contributed by atoms with Gasteiger partial charge < -0.3 is 14.3 Å². The van der Waals surface area contributed by atoms with Gasteiger partial charge in [0.25, 0.3) is 0 Å². The zero-order chi connectivity index (χ0) is 34.3. The molecule has 1 aliphatic heterocycles. The molecule has 0 radical (unpaired) electrons. The quantitative estimate of drug-likeness (QED) is 0.167. The Morgan fingerprint density at radius 1 is 0.660 bits per heavy atom. The fourth-order valence-corrected chi connectivity index (χ4v) is 7.66. The first-order chi connectivity index (χ1) is 24.6. The molecule has 3 heterocycles. The topological polar surface area (TPSA) is 36.4 Å². The highest BCUT2D eigenvalue weighted by molar-refractivity contribution is 5.85. The van der Waals surface area contributed by atoms with Crippen LogP contribution in [0.4, 0.5) is 0 Å². The normalized spacial score (nSPS) is 14.7. The number of methoxy groups -OCH3 is 1. The number of fused-ring (bicyclic) bond motifs is 2. The van der Waals surface area contributed by atoms with Crippen molar-refractivity contribution in [2.75, 3.05) is 34.3 Å².